The largest absolute Gasteiger partial charge is 0.353 e. The summed E-state index contributed by atoms with van der Waals surface area (Å²) in [6, 6.07) is 11.1. The molecule has 2 aliphatic rings. The first kappa shape index (κ1) is 11.1. The fourth-order valence-corrected chi connectivity index (χ4v) is 3.45. The Kier molecular flexibility index (Phi) is 2.57. The van der Waals surface area contributed by atoms with Gasteiger partial charge in [0, 0.05) is 24.3 Å². The van der Waals surface area contributed by atoms with Crippen molar-refractivity contribution in [3.63, 3.8) is 0 Å². The summed E-state index contributed by atoms with van der Waals surface area (Å²) in [6.45, 7) is 1.13. The van der Waals surface area contributed by atoms with Gasteiger partial charge in [0.1, 0.15) is 0 Å². The number of nitrogens with zero attached hydrogens (tertiary/aromatic N) is 2. The predicted octanol–water partition coefficient (Wildman–Crippen LogP) is 3.53. The minimum Gasteiger partial charge on any atom is -0.353 e. The zero-order chi connectivity index (χ0) is 12.7. The van der Waals surface area contributed by atoms with Crippen LogP contribution >= 0.6 is 0 Å². The quantitative estimate of drug-likeness (QED) is 0.842. The molecule has 2 unspecified atom stereocenters. The van der Waals surface area contributed by atoms with Gasteiger partial charge in [0.2, 0.25) is 5.95 Å². The van der Waals surface area contributed by atoms with Crippen LogP contribution in [0.2, 0.25) is 0 Å². The number of aromatic nitrogens is 2. The average Bonchev–Trinajstić information content (AvgIpc) is 2.88. The van der Waals surface area contributed by atoms with Crippen molar-refractivity contribution in [2.24, 2.45) is 5.92 Å². The molecule has 0 radical (unpaired) electrons. The highest BCUT2D eigenvalue weighted by Gasteiger charge is 2.31. The lowest BCUT2D eigenvalue weighted by atomic mass is 9.83. The van der Waals surface area contributed by atoms with E-state index in [-0.39, 0.29) is 0 Å². The number of anilines is 1. The lowest BCUT2D eigenvalue weighted by Crippen LogP contribution is -2.39. The molecule has 19 heavy (non-hydrogen) atoms. The summed E-state index contributed by atoms with van der Waals surface area (Å²) in [7, 11) is 0. The van der Waals surface area contributed by atoms with E-state index >= 15 is 0 Å². The van der Waals surface area contributed by atoms with Crippen molar-refractivity contribution in [1.82, 2.24) is 9.55 Å². The second-order valence-electron chi connectivity index (χ2n) is 5.76. The van der Waals surface area contributed by atoms with E-state index in [0.29, 0.717) is 6.04 Å². The SMILES string of the molecule is c1ccc(-c2cn3c(n2)NC2CCCCC2C3)cc1. The monoisotopic (exact) mass is 253 g/mol. The Labute approximate surface area is 113 Å². The van der Waals surface area contributed by atoms with Crippen LogP contribution in [0.4, 0.5) is 5.95 Å². The Morgan fingerprint density at radius 3 is 2.84 bits per heavy atom. The van der Waals surface area contributed by atoms with E-state index in [9.17, 15) is 0 Å². The predicted molar refractivity (Wildman–Crippen MR) is 77.0 cm³/mol. The summed E-state index contributed by atoms with van der Waals surface area (Å²) >= 11 is 0. The van der Waals surface area contributed by atoms with Crippen LogP contribution in [0, 0.1) is 5.92 Å². The van der Waals surface area contributed by atoms with Crippen molar-refractivity contribution in [2.75, 3.05) is 5.32 Å². The summed E-state index contributed by atoms with van der Waals surface area (Å²) in [6.07, 6.45) is 7.61. The van der Waals surface area contributed by atoms with E-state index in [1.54, 1.807) is 0 Å². The molecule has 1 aromatic carbocycles. The highest BCUT2D eigenvalue weighted by atomic mass is 15.2. The summed E-state index contributed by atoms with van der Waals surface area (Å²) in [4.78, 5) is 4.76. The van der Waals surface area contributed by atoms with Gasteiger partial charge < -0.3 is 9.88 Å². The Balaban J connectivity index is 1.67. The summed E-state index contributed by atoms with van der Waals surface area (Å²) in [5.41, 5.74) is 2.29. The van der Waals surface area contributed by atoms with E-state index in [1.807, 2.05) is 6.07 Å². The molecule has 98 valence electrons. The molecule has 1 aromatic heterocycles. The number of imidazole rings is 1. The van der Waals surface area contributed by atoms with Crippen LogP contribution in [0.1, 0.15) is 25.7 Å². The normalized spacial score (nSPS) is 25.3. The van der Waals surface area contributed by atoms with Crippen LogP contribution < -0.4 is 5.32 Å². The van der Waals surface area contributed by atoms with Crippen LogP contribution in [-0.4, -0.2) is 15.6 Å². The molecule has 2 atom stereocenters. The Morgan fingerprint density at radius 1 is 1.11 bits per heavy atom. The zero-order valence-electron chi connectivity index (χ0n) is 11.0. The number of benzene rings is 1. The highest BCUT2D eigenvalue weighted by Crippen LogP contribution is 2.34. The molecule has 3 nitrogen and oxygen atoms in total. The van der Waals surface area contributed by atoms with E-state index in [2.05, 4.69) is 40.3 Å². The fraction of sp³-hybridized carbons (Fsp3) is 0.438. The number of hydrogen-bond acceptors (Lipinski definition) is 2. The van der Waals surface area contributed by atoms with Gasteiger partial charge in [0.25, 0.3) is 0 Å². The highest BCUT2D eigenvalue weighted by molar-refractivity contribution is 5.60. The van der Waals surface area contributed by atoms with Crippen molar-refractivity contribution >= 4 is 5.95 Å². The van der Waals surface area contributed by atoms with E-state index in [1.165, 1.54) is 31.2 Å². The molecule has 0 bridgehead atoms. The van der Waals surface area contributed by atoms with Gasteiger partial charge in [-0.05, 0) is 18.8 Å². The molecule has 0 spiro atoms. The number of hydrogen-bond donors (Lipinski definition) is 1. The van der Waals surface area contributed by atoms with Crippen molar-refractivity contribution < 1.29 is 0 Å². The first-order chi connectivity index (χ1) is 9.40. The number of fused-ring (bicyclic) bond motifs is 2. The third kappa shape index (κ3) is 1.93. The second kappa shape index (κ2) is 4.41. The lowest BCUT2D eigenvalue weighted by Gasteiger charge is -2.36. The molecule has 0 saturated heterocycles. The maximum absolute atomic E-state index is 4.76. The first-order valence-electron chi connectivity index (χ1n) is 7.29. The first-order valence-corrected chi connectivity index (χ1v) is 7.29. The Bertz CT molecular complexity index is 541. The number of nitrogens with one attached hydrogen (secondary N) is 1. The smallest absolute Gasteiger partial charge is 0.203 e. The van der Waals surface area contributed by atoms with Gasteiger partial charge in [-0.3, -0.25) is 0 Å². The van der Waals surface area contributed by atoms with Gasteiger partial charge in [0.05, 0.1) is 5.69 Å². The van der Waals surface area contributed by atoms with Crippen molar-refractivity contribution in [3.05, 3.63) is 36.5 Å². The topological polar surface area (TPSA) is 29.9 Å². The second-order valence-corrected chi connectivity index (χ2v) is 5.76. The molecule has 4 rings (SSSR count). The molecular formula is C16H19N3. The molecule has 0 amide bonds. The fourth-order valence-electron chi connectivity index (χ4n) is 3.45. The molecule has 1 aliphatic carbocycles. The van der Waals surface area contributed by atoms with Crippen LogP contribution in [0.15, 0.2) is 36.5 Å². The minimum absolute atomic E-state index is 0.646. The Hall–Kier alpha value is -1.77. The van der Waals surface area contributed by atoms with Gasteiger partial charge >= 0.3 is 0 Å². The van der Waals surface area contributed by atoms with Crippen LogP contribution in [0.3, 0.4) is 0 Å². The Morgan fingerprint density at radius 2 is 1.95 bits per heavy atom. The lowest BCUT2D eigenvalue weighted by molar-refractivity contribution is 0.273. The molecule has 2 heterocycles. The molecule has 2 aromatic rings. The zero-order valence-corrected chi connectivity index (χ0v) is 11.0. The maximum atomic E-state index is 4.76. The van der Waals surface area contributed by atoms with E-state index in [0.717, 1.165) is 24.1 Å². The maximum Gasteiger partial charge on any atom is 0.203 e. The van der Waals surface area contributed by atoms with E-state index < -0.39 is 0 Å². The summed E-state index contributed by atoms with van der Waals surface area (Å²) < 4.78 is 2.30. The molecule has 1 saturated carbocycles. The average molecular weight is 253 g/mol. The number of rotatable bonds is 1. The van der Waals surface area contributed by atoms with Crippen molar-refractivity contribution in [1.29, 1.82) is 0 Å². The van der Waals surface area contributed by atoms with Gasteiger partial charge in [-0.1, -0.05) is 43.2 Å². The van der Waals surface area contributed by atoms with Gasteiger partial charge in [-0.15, -0.1) is 0 Å². The molecule has 1 aliphatic heterocycles. The van der Waals surface area contributed by atoms with Gasteiger partial charge in [-0.25, -0.2) is 4.98 Å². The van der Waals surface area contributed by atoms with Gasteiger partial charge in [-0.2, -0.15) is 0 Å². The summed E-state index contributed by atoms with van der Waals surface area (Å²) in [5, 5.41) is 3.64. The molecule has 1 fully saturated rings. The molecule has 3 heteroatoms. The van der Waals surface area contributed by atoms with Crippen LogP contribution in [0.25, 0.3) is 11.3 Å². The van der Waals surface area contributed by atoms with Crippen LogP contribution in [-0.2, 0) is 6.54 Å². The minimum atomic E-state index is 0.646. The van der Waals surface area contributed by atoms with E-state index in [4.69, 9.17) is 4.98 Å². The van der Waals surface area contributed by atoms with Crippen LogP contribution in [0.5, 0.6) is 0 Å². The third-order valence-electron chi connectivity index (χ3n) is 4.50. The molecular weight excluding hydrogens is 234 g/mol. The third-order valence-corrected chi connectivity index (χ3v) is 4.50. The van der Waals surface area contributed by atoms with Crippen molar-refractivity contribution in [3.8, 4) is 11.3 Å². The van der Waals surface area contributed by atoms with Crippen molar-refractivity contribution in [2.45, 2.75) is 38.3 Å². The van der Waals surface area contributed by atoms with Gasteiger partial charge in [0.15, 0.2) is 0 Å². The molecule has 1 N–H and O–H groups in total. The summed E-state index contributed by atoms with van der Waals surface area (Å²) in [5.74, 6) is 1.85. The standard InChI is InChI=1S/C16H19N3/c1-2-6-12(7-3-1)15-11-19-10-13-8-4-5-9-14(13)17-16(19)18-15/h1-3,6-7,11,13-14H,4-5,8-10H2,(H,17,18).